The molecule has 0 bridgehead atoms. The van der Waals surface area contributed by atoms with Gasteiger partial charge in [0, 0.05) is 114 Å². The van der Waals surface area contributed by atoms with Crippen LogP contribution < -0.4 is 10.2 Å². The molecule has 0 aromatic heterocycles. The summed E-state index contributed by atoms with van der Waals surface area (Å²) in [6.07, 6.45) is -7.50. The van der Waals surface area contributed by atoms with Crippen LogP contribution in [0.25, 0.3) is 11.1 Å². The van der Waals surface area contributed by atoms with E-state index in [-0.39, 0.29) is 92.7 Å². The van der Waals surface area contributed by atoms with E-state index in [4.69, 9.17) is 9.47 Å². The molecule has 5 amide bonds. The van der Waals surface area contributed by atoms with Crippen LogP contribution in [0, 0.1) is 5.82 Å². The number of fused-ring (bicyclic) bond motifs is 2. The molecule has 2 N–H and O–H groups in total. The Bertz CT molecular complexity index is 3990. The lowest BCUT2D eigenvalue weighted by Gasteiger charge is -2.44. The molecular weight excluding hydrogens is 1400 g/mol. The van der Waals surface area contributed by atoms with Crippen LogP contribution in [0.2, 0.25) is 0 Å². The number of anilines is 1. The molecule has 0 radical (unpaired) electrons. The monoisotopic (exact) mass is 1490 g/mol. The molecule has 2 atom stereocenters. The number of carbonyl (C=O) groups excluding carboxylic acids is 4. The third-order valence-corrected chi connectivity index (χ3v) is 20.3. The molecule has 1 aliphatic carbocycles. The number of benzene rings is 7. The number of rotatable bonds is 24. The van der Waals surface area contributed by atoms with E-state index < -0.39 is 64.6 Å². The molecule has 3 saturated heterocycles. The van der Waals surface area contributed by atoms with Gasteiger partial charge in [-0.1, -0.05) is 109 Å². The molecule has 3 aliphatic heterocycles. The minimum atomic E-state index is -5.15. The summed E-state index contributed by atoms with van der Waals surface area (Å²) in [6, 6.07) is 46.6. The van der Waals surface area contributed by atoms with Crippen molar-refractivity contribution in [3.05, 3.63) is 231 Å². The van der Waals surface area contributed by atoms with Gasteiger partial charge >= 0.3 is 18.4 Å². The summed E-state index contributed by atoms with van der Waals surface area (Å²) in [4.78, 5) is 79.2. The van der Waals surface area contributed by atoms with Crippen molar-refractivity contribution in [1.82, 2.24) is 34.7 Å². The van der Waals surface area contributed by atoms with Crippen molar-refractivity contribution < 1.29 is 69.3 Å². The summed E-state index contributed by atoms with van der Waals surface area (Å²) in [7, 11) is 5.25. The van der Waals surface area contributed by atoms with Crippen LogP contribution in [0.3, 0.4) is 0 Å². The lowest BCUT2D eigenvalue weighted by molar-refractivity contribution is -0.143. The Balaban J connectivity index is 0.00000448. The molecule has 552 valence electrons. The maximum Gasteiger partial charge on any atom is 0.416 e. The third kappa shape index (κ3) is 19.3. The third-order valence-electron chi connectivity index (χ3n) is 20.3. The molecule has 7 aromatic carbocycles. The second-order valence-electron chi connectivity index (χ2n) is 26.7. The van der Waals surface area contributed by atoms with Gasteiger partial charge in [-0.2, -0.15) is 26.3 Å². The highest BCUT2D eigenvalue weighted by atomic mass is 35.5. The highest BCUT2D eigenvalue weighted by molar-refractivity contribution is 5.96. The summed E-state index contributed by atoms with van der Waals surface area (Å²) in [5, 5.41) is 13.8. The second-order valence-corrected chi connectivity index (χ2v) is 26.7. The van der Waals surface area contributed by atoms with Crippen molar-refractivity contribution in [2.24, 2.45) is 0 Å². The van der Waals surface area contributed by atoms with Crippen LogP contribution >= 0.6 is 37.2 Å². The molecule has 0 saturated carbocycles. The molecule has 103 heavy (non-hydrogen) atoms. The number of hydrogen-bond acceptors (Lipinski definition) is 10. The number of likely N-dealkylation sites (N-methyl/N-ethyl adjacent to an activating group) is 2. The molecular formula is C77H86Cl3F7N8O8. The van der Waals surface area contributed by atoms with Gasteiger partial charge in [-0.3, -0.25) is 24.1 Å². The van der Waals surface area contributed by atoms with Gasteiger partial charge < -0.3 is 49.3 Å². The second kappa shape index (κ2) is 35.1. The van der Waals surface area contributed by atoms with E-state index in [1.807, 2.05) is 103 Å². The van der Waals surface area contributed by atoms with Gasteiger partial charge in [0.05, 0.1) is 29.5 Å². The van der Waals surface area contributed by atoms with Crippen LogP contribution in [0.1, 0.15) is 109 Å². The Labute approximate surface area is 614 Å². The van der Waals surface area contributed by atoms with Crippen LogP contribution in [0.5, 0.6) is 0 Å². The minimum absolute atomic E-state index is 0. The topological polar surface area (TPSA) is 159 Å². The number of ether oxygens (including phenoxy) is 2. The van der Waals surface area contributed by atoms with E-state index in [9.17, 15) is 59.8 Å². The number of para-hydroxylation sites is 1. The lowest BCUT2D eigenvalue weighted by Crippen LogP contribution is -2.50. The van der Waals surface area contributed by atoms with Gasteiger partial charge in [-0.25, -0.2) is 9.18 Å². The highest BCUT2D eigenvalue weighted by Gasteiger charge is 2.50. The zero-order valence-electron chi connectivity index (χ0n) is 57.5. The van der Waals surface area contributed by atoms with Gasteiger partial charge in [0.1, 0.15) is 24.8 Å². The molecule has 4 aliphatic rings. The predicted molar refractivity (Wildman–Crippen MR) is 387 cm³/mol. The lowest BCUT2D eigenvalue weighted by atomic mass is 9.72. The number of alkyl halides is 6. The summed E-state index contributed by atoms with van der Waals surface area (Å²) in [6.45, 7) is 5.37. The van der Waals surface area contributed by atoms with E-state index in [1.54, 1.807) is 48.0 Å². The number of amides is 5. The van der Waals surface area contributed by atoms with Crippen molar-refractivity contribution in [2.45, 2.75) is 93.5 Å². The van der Waals surface area contributed by atoms with Gasteiger partial charge in [0.25, 0.3) is 17.7 Å². The number of carboxylic acid groups (broad SMARTS) is 1. The first-order chi connectivity index (χ1) is 47.9. The van der Waals surface area contributed by atoms with Crippen LogP contribution in [-0.2, 0) is 57.1 Å². The molecule has 1 spiro atoms. The maximum absolute atomic E-state index is 14.3. The maximum atomic E-state index is 14.3. The van der Waals surface area contributed by atoms with E-state index in [0.29, 0.717) is 132 Å². The average molecular weight is 1490 g/mol. The zero-order chi connectivity index (χ0) is 70.9. The summed E-state index contributed by atoms with van der Waals surface area (Å²) < 4.78 is 110. The number of halogens is 10. The molecule has 16 nitrogen and oxygen atoms in total. The number of carbonyl (C=O) groups is 5. The highest BCUT2D eigenvalue weighted by Crippen LogP contribution is 2.49. The van der Waals surface area contributed by atoms with E-state index >= 15 is 0 Å². The number of nitrogens with zero attached hydrogens (tertiary/aromatic N) is 7. The minimum Gasteiger partial charge on any atom is -0.465 e. The number of nitrogens with one attached hydrogen (secondary N) is 1. The fraction of sp³-hybridized carbons (Fsp3) is 0.390. The number of likely N-dealkylation sites (tertiary alicyclic amines) is 2. The normalized spacial score (nSPS) is 17.5. The smallest absolute Gasteiger partial charge is 0.416 e. The standard InChI is InChI=1S/C77H83F7N8O8.3ClH/c1-86(69(93)50-99-68-46-58-14-7-9-16-66(58)74(68)32-39-90(40-33-74)41-34-75(60-26-28-63(78)29-27-60)51-91(52-100-75)72(96)59-44-61(76(79,80)81)47-62(45-59)77(82,83)84)35-11-36-87(2)70(94)56-22-18-53(19-23-56)48-85-49-54-20-24-57(25-21-54)71(95)88(3)42-43-89-37-30-64(31-38-89)92(73(97)98)67-17-10-8-15-65(67)55-12-5-4-6-13-55;;;/h4-10,12-29,44-45,47,64,68,85H,11,30-43,46,48-52H2,1-3H3,(H,97,98);3*1H/t68-,75-;;;/m0.../s1. The predicted octanol–water partition coefficient (Wildman–Crippen LogP) is 14.1. The van der Waals surface area contributed by atoms with Crippen molar-refractivity contribution in [2.75, 3.05) is 105 Å². The van der Waals surface area contributed by atoms with Gasteiger partial charge in [0.2, 0.25) is 5.91 Å². The van der Waals surface area contributed by atoms with Gasteiger partial charge in [-0.15, -0.1) is 37.2 Å². The quantitative estimate of drug-likeness (QED) is 0.0555. The first kappa shape index (κ1) is 80.6. The van der Waals surface area contributed by atoms with Crippen molar-refractivity contribution in [3.63, 3.8) is 0 Å². The van der Waals surface area contributed by atoms with E-state index in [1.165, 1.54) is 29.2 Å². The fourth-order valence-corrected chi connectivity index (χ4v) is 14.5. The summed E-state index contributed by atoms with van der Waals surface area (Å²) in [5.74, 6) is -2.04. The van der Waals surface area contributed by atoms with Crippen molar-refractivity contribution >= 4 is 72.6 Å². The first-order valence-corrected chi connectivity index (χ1v) is 33.8. The average Bonchev–Trinajstić information content (AvgIpc) is 1.61. The summed E-state index contributed by atoms with van der Waals surface area (Å²) in [5.41, 5.74) is 2.73. The van der Waals surface area contributed by atoms with Crippen molar-refractivity contribution in [3.8, 4) is 11.1 Å². The zero-order valence-corrected chi connectivity index (χ0v) is 59.9. The van der Waals surface area contributed by atoms with E-state index in [0.717, 1.165) is 51.4 Å². The van der Waals surface area contributed by atoms with Gasteiger partial charge in [-0.05, 0) is 152 Å². The molecule has 3 fully saturated rings. The largest absolute Gasteiger partial charge is 0.465 e. The van der Waals surface area contributed by atoms with Gasteiger partial charge in [0.15, 0.2) is 0 Å². The van der Waals surface area contributed by atoms with Crippen molar-refractivity contribution in [1.29, 1.82) is 0 Å². The van der Waals surface area contributed by atoms with E-state index in [2.05, 4.69) is 27.2 Å². The number of piperidine rings is 2. The molecule has 26 heteroatoms. The Hall–Kier alpha value is -8.13. The Morgan fingerprint density at radius 3 is 1.76 bits per heavy atom. The molecule has 11 rings (SSSR count). The first-order valence-electron chi connectivity index (χ1n) is 33.8. The fourth-order valence-electron chi connectivity index (χ4n) is 14.5. The SMILES string of the molecule is CN(CCCN(C)C(=O)c1ccc(CNCc2ccc(C(=O)N(C)CCN3CCC(N(C(=O)O)c4ccccc4-c4ccccc4)CC3)cc2)cc1)C(=O)CO[C@H]1Cc2ccccc2C12CCN(CC[C@@]1(c3ccc(F)cc3)CN(C(=O)c3cc(C(F)(F)F)cc(C(F)(F)F)c3)CO1)CC2.Cl.Cl.Cl. The Kier molecular flexibility index (Phi) is 27.5. The van der Waals surface area contributed by atoms with Crippen LogP contribution in [0.15, 0.2) is 170 Å². The van der Waals surface area contributed by atoms with Crippen LogP contribution in [0.4, 0.5) is 41.2 Å². The number of hydrogen-bond donors (Lipinski definition) is 2. The molecule has 7 aromatic rings. The molecule has 0 unspecified atom stereocenters. The van der Waals surface area contributed by atoms with Crippen LogP contribution in [-0.4, -0.2) is 176 Å². The molecule has 3 heterocycles. The Morgan fingerprint density at radius 1 is 0.621 bits per heavy atom. The summed E-state index contributed by atoms with van der Waals surface area (Å²) >= 11 is 0. The Morgan fingerprint density at radius 2 is 1.17 bits per heavy atom.